The summed E-state index contributed by atoms with van der Waals surface area (Å²) in [6.45, 7) is 2.71. The summed E-state index contributed by atoms with van der Waals surface area (Å²) in [5.41, 5.74) is 1.17. The number of nitro groups is 1. The Morgan fingerprint density at radius 2 is 1.96 bits per heavy atom. The number of methoxy groups -OCH3 is 1. The molecule has 0 atom stereocenters. The Morgan fingerprint density at radius 3 is 2.64 bits per heavy atom. The van der Waals surface area contributed by atoms with E-state index in [2.05, 4.69) is 5.32 Å². The van der Waals surface area contributed by atoms with Crippen molar-refractivity contribution < 1.29 is 19.2 Å². The Kier molecular flexibility index (Phi) is 6.33. The second-order valence-corrected chi connectivity index (χ2v) is 5.26. The molecule has 0 saturated carbocycles. The summed E-state index contributed by atoms with van der Waals surface area (Å²) in [7, 11) is 1.55. The SMILES string of the molecule is CCOc1ccc(CNC(=O)Cc2ccccc2[N+](=O)[O-])cc1OC. The van der Waals surface area contributed by atoms with E-state index < -0.39 is 4.92 Å². The van der Waals surface area contributed by atoms with Crippen molar-refractivity contribution >= 4 is 11.6 Å². The molecule has 2 aromatic carbocycles. The lowest BCUT2D eigenvalue weighted by molar-refractivity contribution is -0.385. The maximum absolute atomic E-state index is 12.1. The molecule has 0 aliphatic carbocycles. The molecule has 1 amide bonds. The highest BCUT2D eigenvalue weighted by atomic mass is 16.6. The first-order valence-corrected chi connectivity index (χ1v) is 7.83. The largest absolute Gasteiger partial charge is 0.493 e. The normalized spacial score (nSPS) is 10.2. The third-order valence-electron chi connectivity index (χ3n) is 3.56. The number of nitro benzene ring substituents is 1. The average Bonchev–Trinajstić information content (AvgIpc) is 2.61. The van der Waals surface area contributed by atoms with Gasteiger partial charge in [-0.15, -0.1) is 0 Å². The molecular weight excluding hydrogens is 324 g/mol. The molecule has 0 aromatic heterocycles. The van der Waals surface area contributed by atoms with Crippen molar-refractivity contribution in [2.45, 2.75) is 19.9 Å². The summed E-state index contributed by atoms with van der Waals surface area (Å²) in [5.74, 6) is 0.939. The number of ether oxygens (including phenoxy) is 2. The lowest BCUT2D eigenvalue weighted by Gasteiger charge is -2.11. The third-order valence-corrected chi connectivity index (χ3v) is 3.56. The van der Waals surface area contributed by atoms with Gasteiger partial charge in [-0.05, 0) is 24.6 Å². The molecule has 2 aromatic rings. The van der Waals surface area contributed by atoms with Gasteiger partial charge in [0.15, 0.2) is 11.5 Å². The first-order valence-electron chi connectivity index (χ1n) is 7.83. The summed E-state index contributed by atoms with van der Waals surface area (Å²) >= 11 is 0. The van der Waals surface area contributed by atoms with Crippen LogP contribution >= 0.6 is 0 Å². The van der Waals surface area contributed by atoms with Gasteiger partial charge in [-0.2, -0.15) is 0 Å². The number of carbonyl (C=O) groups is 1. The predicted octanol–water partition coefficient (Wildman–Crippen LogP) is 2.86. The topological polar surface area (TPSA) is 90.7 Å². The van der Waals surface area contributed by atoms with E-state index in [1.54, 1.807) is 37.4 Å². The number of benzene rings is 2. The zero-order chi connectivity index (χ0) is 18.2. The molecule has 1 N–H and O–H groups in total. The van der Waals surface area contributed by atoms with E-state index in [0.29, 0.717) is 30.2 Å². The third kappa shape index (κ3) is 4.94. The molecule has 0 heterocycles. The smallest absolute Gasteiger partial charge is 0.273 e. The number of rotatable bonds is 8. The Morgan fingerprint density at radius 1 is 1.20 bits per heavy atom. The van der Waals surface area contributed by atoms with Crippen LogP contribution in [0.25, 0.3) is 0 Å². The number of hydrogen-bond donors (Lipinski definition) is 1. The minimum absolute atomic E-state index is 0.0503. The molecule has 7 nitrogen and oxygen atoms in total. The molecule has 0 fully saturated rings. The summed E-state index contributed by atoms with van der Waals surface area (Å²) < 4.78 is 10.7. The van der Waals surface area contributed by atoms with Crippen LogP contribution in [0.3, 0.4) is 0 Å². The number of hydrogen-bond acceptors (Lipinski definition) is 5. The zero-order valence-corrected chi connectivity index (χ0v) is 14.2. The van der Waals surface area contributed by atoms with Crippen LogP contribution in [0.4, 0.5) is 5.69 Å². The predicted molar refractivity (Wildman–Crippen MR) is 92.8 cm³/mol. The standard InChI is InChI=1S/C18H20N2O5/c1-3-25-16-9-8-13(10-17(16)24-2)12-19-18(21)11-14-6-4-5-7-15(14)20(22)23/h4-10H,3,11-12H2,1-2H3,(H,19,21). The zero-order valence-electron chi connectivity index (χ0n) is 14.2. The van der Waals surface area contributed by atoms with E-state index in [-0.39, 0.29) is 18.0 Å². The van der Waals surface area contributed by atoms with Crippen LogP contribution in [-0.2, 0) is 17.8 Å². The van der Waals surface area contributed by atoms with Crippen molar-refractivity contribution in [2.24, 2.45) is 0 Å². The number of amides is 1. The number of nitrogens with one attached hydrogen (secondary N) is 1. The Bertz CT molecular complexity index is 761. The fourth-order valence-electron chi connectivity index (χ4n) is 2.37. The Labute approximate surface area is 145 Å². The van der Waals surface area contributed by atoms with Gasteiger partial charge in [-0.3, -0.25) is 14.9 Å². The van der Waals surface area contributed by atoms with E-state index in [1.807, 2.05) is 13.0 Å². The van der Waals surface area contributed by atoms with Crippen LogP contribution in [-0.4, -0.2) is 24.5 Å². The minimum Gasteiger partial charge on any atom is -0.493 e. The molecule has 132 valence electrons. The van der Waals surface area contributed by atoms with Crippen molar-refractivity contribution in [3.05, 3.63) is 63.7 Å². The first kappa shape index (κ1) is 18.3. The second-order valence-electron chi connectivity index (χ2n) is 5.26. The van der Waals surface area contributed by atoms with E-state index >= 15 is 0 Å². The van der Waals surface area contributed by atoms with Crippen LogP contribution in [0.5, 0.6) is 11.5 Å². The van der Waals surface area contributed by atoms with Gasteiger partial charge in [-0.25, -0.2) is 0 Å². The molecule has 0 radical (unpaired) electrons. The van der Waals surface area contributed by atoms with Crippen molar-refractivity contribution in [2.75, 3.05) is 13.7 Å². The lowest BCUT2D eigenvalue weighted by atomic mass is 10.1. The molecule has 0 unspecified atom stereocenters. The first-order chi connectivity index (χ1) is 12.0. The quantitative estimate of drug-likeness (QED) is 0.587. The molecule has 2 rings (SSSR count). The van der Waals surface area contributed by atoms with E-state index in [0.717, 1.165) is 5.56 Å². The molecule has 7 heteroatoms. The van der Waals surface area contributed by atoms with Gasteiger partial charge in [0, 0.05) is 18.2 Å². The lowest BCUT2D eigenvalue weighted by Crippen LogP contribution is -2.24. The van der Waals surface area contributed by atoms with Crippen molar-refractivity contribution in [3.8, 4) is 11.5 Å². The van der Waals surface area contributed by atoms with Gasteiger partial charge >= 0.3 is 0 Å². The Hall–Kier alpha value is -3.09. The van der Waals surface area contributed by atoms with Crippen LogP contribution in [0, 0.1) is 10.1 Å². The maximum Gasteiger partial charge on any atom is 0.273 e. The van der Waals surface area contributed by atoms with Crippen LogP contribution in [0.2, 0.25) is 0 Å². The summed E-state index contributed by atoms with van der Waals surface area (Å²) in [6, 6.07) is 11.6. The van der Waals surface area contributed by atoms with E-state index in [4.69, 9.17) is 9.47 Å². The van der Waals surface area contributed by atoms with Crippen LogP contribution < -0.4 is 14.8 Å². The number of nitrogens with zero attached hydrogens (tertiary/aromatic N) is 1. The van der Waals surface area contributed by atoms with Gasteiger partial charge in [0.2, 0.25) is 5.91 Å². The Balaban J connectivity index is 2.00. The van der Waals surface area contributed by atoms with Gasteiger partial charge < -0.3 is 14.8 Å². The van der Waals surface area contributed by atoms with Gasteiger partial charge in [-0.1, -0.05) is 24.3 Å². The van der Waals surface area contributed by atoms with Crippen LogP contribution in [0.1, 0.15) is 18.1 Å². The molecule has 0 aliphatic heterocycles. The van der Waals surface area contributed by atoms with Crippen molar-refractivity contribution in [1.82, 2.24) is 5.32 Å². The summed E-state index contributed by atoms with van der Waals surface area (Å²) in [5, 5.41) is 13.7. The average molecular weight is 344 g/mol. The molecule has 0 saturated heterocycles. The van der Waals surface area contributed by atoms with Crippen molar-refractivity contribution in [1.29, 1.82) is 0 Å². The number of carbonyl (C=O) groups excluding carboxylic acids is 1. The second kappa shape index (κ2) is 8.68. The van der Waals surface area contributed by atoms with Gasteiger partial charge in [0.25, 0.3) is 5.69 Å². The molecular formula is C18H20N2O5. The molecule has 0 aliphatic rings. The molecule has 0 spiro atoms. The summed E-state index contributed by atoms with van der Waals surface area (Å²) in [4.78, 5) is 22.6. The van der Waals surface area contributed by atoms with Gasteiger partial charge in [0.1, 0.15) is 0 Å². The van der Waals surface area contributed by atoms with E-state index in [9.17, 15) is 14.9 Å². The van der Waals surface area contributed by atoms with E-state index in [1.165, 1.54) is 6.07 Å². The monoisotopic (exact) mass is 344 g/mol. The highest BCUT2D eigenvalue weighted by Gasteiger charge is 2.15. The molecule has 0 bridgehead atoms. The highest BCUT2D eigenvalue weighted by molar-refractivity contribution is 5.79. The van der Waals surface area contributed by atoms with Gasteiger partial charge in [0.05, 0.1) is 25.1 Å². The van der Waals surface area contributed by atoms with Crippen molar-refractivity contribution in [3.63, 3.8) is 0 Å². The number of para-hydroxylation sites is 1. The minimum atomic E-state index is -0.486. The fraction of sp³-hybridized carbons (Fsp3) is 0.278. The fourth-order valence-corrected chi connectivity index (χ4v) is 2.37. The maximum atomic E-state index is 12.1. The molecule has 25 heavy (non-hydrogen) atoms. The highest BCUT2D eigenvalue weighted by Crippen LogP contribution is 2.28. The summed E-state index contributed by atoms with van der Waals surface area (Å²) in [6.07, 6.45) is -0.0503. The van der Waals surface area contributed by atoms with Crippen LogP contribution in [0.15, 0.2) is 42.5 Å².